The van der Waals surface area contributed by atoms with E-state index in [2.05, 4.69) is 20.4 Å². The maximum atomic E-state index is 6.04. The highest BCUT2D eigenvalue weighted by Gasteiger charge is 2.23. The van der Waals surface area contributed by atoms with Gasteiger partial charge in [-0.2, -0.15) is 9.67 Å². The Bertz CT molecular complexity index is 822. The van der Waals surface area contributed by atoms with Gasteiger partial charge in [-0.25, -0.2) is 4.99 Å². The van der Waals surface area contributed by atoms with Gasteiger partial charge >= 0.3 is 0 Å². The van der Waals surface area contributed by atoms with Crippen molar-refractivity contribution in [3.8, 4) is 11.4 Å². The summed E-state index contributed by atoms with van der Waals surface area (Å²) in [5, 5.41) is 7.67. The minimum absolute atomic E-state index is 0.249. The molecular formula is C16H14N6. The molecule has 6 heteroatoms. The van der Waals surface area contributed by atoms with Gasteiger partial charge in [0.25, 0.3) is 0 Å². The predicted molar refractivity (Wildman–Crippen MR) is 85.3 cm³/mol. The molecule has 4 rings (SSSR count). The predicted octanol–water partition coefficient (Wildman–Crippen LogP) is 2.23. The molecule has 3 aromatic rings. The molecule has 0 bridgehead atoms. The molecule has 1 aliphatic heterocycles. The van der Waals surface area contributed by atoms with Gasteiger partial charge < -0.3 is 11.1 Å². The van der Waals surface area contributed by atoms with Crippen molar-refractivity contribution < 1.29 is 0 Å². The lowest BCUT2D eigenvalue weighted by Crippen LogP contribution is -2.32. The Morgan fingerprint density at radius 1 is 0.955 bits per heavy atom. The monoisotopic (exact) mass is 290 g/mol. The van der Waals surface area contributed by atoms with Gasteiger partial charge in [0, 0.05) is 5.56 Å². The zero-order valence-electron chi connectivity index (χ0n) is 11.7. The van der Waals surface area contributed by atoms with Crippen LogP contribution in [-0.4, -0.2) is 20.7 Å². The first-order valence-electron chi connectivity index (χ1n) is 6.99. The average Bonchev–Trinajstić information content (AvgIpc) is 3.01. The van der Waals surface area contributed by atoms with Crippen molar-refractivity contribution >= 4 is 11.9 Å². The van der Waals surface area contributed by atoms with Gasteiger partial charge in [-0.05, 0) is 5.56 Å². The van der Waals surface area contributed by atoms with Crippen LogP contribution in [0.1, 0.15) is 11.7 Å². The number of anilines is 1. The van der Waals surface area contributed by atoms with Crippen LogP contribution in [0.3, 0.4) is 0 Å². The van der Waals surface area contributed by atoms with Gasteiger partial charge in [0.15, 0.2) is 12.0 Å². The number of rotatable bonds is 2. The molecule has 2 heterocycles. The minimum Gasteiger partial charge on any atom is -0.368 e. The third-order valence-corrected chi connectivity index (χ3v) is 3.50. The van der Waals surface area contributed by atoms with Crippen molar-refractivity contribution in [2.45, 2.75) is 6.17 Å². The summed E-state index contributed by atoms with van der Waals surface area (Å²) in [4.78, 5) is 8.97. The zero-order valence-corrected chi connectivity index (χ0v) is 11.7. The lowest BCUT2D eigenvalue weighted by atomic mass is 10.2. The Labute approximate surface area is 127 Å². The van der Waals surface area contributed by atoms with Gasteiger partial charge in [-0.1, -0.05) is 60.7 Å². The van der Waals surface area contributed by atoms with E-state index >= 15 is 0 Å². The topological polar surface area (TPSA) is 81.1 Å². The molecule has 0 radical (unpaired) electrons. The SMILES string of the molecule is NC1=NC(c2ccccc2)Nc2nc(-c3ccccc3)nn21. The summed E-state index contributed by atoms with van der Waals surface area (Å²) in [7, 11) is 0. The third kappa shape index (κ3) is 2.10. The summed E-state index contributed by atoms with van der Waals surface area (Å²) in [5.74, 6) is 1.55. The van der Waals surface area contributed by atoms with Crippen LogP contribution in [0.4, 0.5) is 5.95 Å². The summed E-state index contributed by atoms with van der Waals surface area (Å²) in [6, 6.07) is 19.7. The van der Waals surface area contributed by atoms with Crippen LogP contribution in [0, 0.1) is 0 Å². The third-order valence-electron chi connectivity index (χ3n) is 3.50. The van der Waals surface area contributed by atoms with E-state index in [0.717, 1.165) is 11.1 Å². The highest BCUT2D eigenvalue weighted by Crippen LogP contribution is 2.25. The van der Waals surface area contributed by atoms with Crippen LogP contribution in [0.15, 0.2) is 65.7 Å². The Morgan fingerprint density at radius 2 is 1.64 bits per heavy atom. The molecule has 0 saturated carbocycles. The first kappa shape index (κ1) is 12.6. The minimum atomic E-state index is -0.249. The van der Waals surface area contributed by atoms with E-state index < -0.39 is 0 Å². The molecule has 3 N–H and O–H groups in total. The Balaban J connectivity index is 1.72. The molecule has 0 saturated heterocycles. The molecular weight excluding hydrogens is 276 g/mol. The van der Waals surface area contributed by atoms with Crippen molar-refractivity contribution in [1.82, 2.24) is 14.8 Å². The molecule has 0 fully saturated rings. The smallest absolute Gasteiger partial charge is 0.231 e. The van der Waals surface area contributed by atoms with Crippen LogP contribution in [0.25, 0.3) is 11.4 Å². The van der Waals surface area contributed by atoms with Gasteiger partial charge in [-0.15, -0.1) is 5.10 Å². The van der Waals surface area contributed by atoms with Gasteiger partial charge in [0.1, 0.15) is 0 Å². The highest BCUT2D eigenvalue weighted by atomic mass is 15.5. The van der Waals surface area contributed by atoms with Crippen molar-refractivity contribution in [2.24, 2.45) is 10.7 Å². The van der Waals surface area contributed by atoms with Crippen LogP contribution in [-0.2, 0) is 0 Å². The number of aliphatic imine (C=N–C) groups is 1. The first-order valence-corrected chi connectivity index (χ1v) is 6.99. The fraction of sp³-hybridized carbons (Fsp3) is 0.0625. The van der Waals surface area contributed by atoms with E-state index in [1.807, 2.05) is 60.7 Å². The summed E-state index contributed by atoms with van der Waals surface area (Å²) in [5.41, 5.74) is 8.00. The summed E-state index contributed by atoms with van der Waals surface area (Å²) < 4.78 is 1.53. The lowest BCUT2D eigenvalue weighted by molar-refractivity contribution is 0.751. The maximum absolute atomic E-state index is 6.04. The highest BCUT2D eigenvalue weighted by molar-refractivity contribution is 5.84. The van der Waals surface area contributed by atoms with Crippen LogP contribution in [0.2, 0.25) is 0 Å². The normalized spacial score (nSPS) is 16.5. The second-order valence-corrected chi connectivity index (χ2v) is 4.98. The molecule has 1 unspecified atom stereocenters. The number of fused-ring (bicyclic) bond motifs is 1. The number of nitrogens with one attached hydrogen (secondary N) is 1. The molecule has 1 aliphatic rings. The van der Waals surface area contributed by atoms with Crippen LogP contribution in [0.5, 0.6) is 0 Å². The number of nitrogens with zero attached hydrogens (tertiary/aromatic N) is 4. The standard InChI is InChI=1S/C16H14N6/c17-15-18-13(11-7-3-1-4-8-11)19-16-20-14(21-22(15)16)12-9-5-2-6-10-12/h1-10,13H,(H2,17,18)(H,19,20,21). The maximum Gasteiger partial charge on any atom is 0.231 e. The molecule has 1 atom stereocenters. The summed E-state index contributed by atoms with van der Waals surface area (Å²) in [6.07, 6.45) is -0.249. The number of nitrogens with two attached hydrogens (primary N) is 1. The molecule has 1 aromatic heterocycles. The van der Waals surface area contributed by atoms with E-state index in [0.29, 0.717) is 17.7 Å². The second kappa shape index (κ2) is 5.00. The van der Waals surface area contributed by atoms with E-state index in [1.165, 1.54) is 4.68 Å². The quantitative estimate of drug-likeness (QED) is 0.758. The Kier molecular flexibility index (Phi) is 2.86. The van der Waals surface area contributed by atoms with Crippen LogP contribution >= 0.6 is 0 Å². The molecule has 2 aromatic carbocycles. The van der Waals surface area contributed by atoms with E-state index in [4.69, 9.17) is 5.73 Å². The zero-order chi connectivity index (χ0) is 14.9. The van der Waals surface area contributed by atoms with Gasteiger partial charge in [0.2, 0.25) is 11.9 Å². The van der Waals surface area contributed by atoms with Crippen molar-refractivity contribution in [2.75, 3.05) is 5.32 Å². The molecule has 108 valence electrons. The van der Waals surface area contributed by atoms with Crippen molar-refractivity contribution in [3.63, 3.8) is 0 Å². The van der Waals surface area contributed by atoms with E-state index in [9.17, 15) is 0 Å². The van der Waals surface area contributed by atoms with Crippen molar-refractivity contribution in [3.05, 3.63) is 66.2 Å². The second-order valence-electron chi connectivity index (χ2n) is 4.98. The van der Waals surface area contributed by atoms with Crippen LogP contribution < -0.4 is 11.1 Å². The molecule has 6 nitrogen and oxygen atoms in total. The summed E-state index contributed by atoms with van der Waals surface area (Å²) >= 11 is 0. The van der Waals surface area contributed by atoms with E-state index in [-0.39, 0.29) is 6.17 Å². The Morgan fingerprint density at radius 3 is 2.36 bits per heavy atom. The van der Waals surface area contributed by atoms with Crippen molar-refractivity contribution in [1.29, 1.82) is 0 Å². The fourth-order valence-electron chi connectivity index (χ4n) is 2.41. The molecule has 0 amide bonds. The largest absolute Gasteiger partial charge is 0.368 e. The molecule has 22 heavy (non-hydrogen) atoms. The lowest BCUT2D eigenvalue weighted by Gasteiger charge is -2.20. The summed E-state index contributed by atoms with van der Waals surface area (Å²) in [6.45, 7) is 0. The first-order chi connectivity index (χ1) is 10.8. The molecule has 0 spiro atoms. The Hall–Kier alpha value is -3.15. The van der Waals surface area contributed by atoms with E-state index in [1.54, 1.807) is 0 Å². The van der Waals surface area contributed by atoms with Gasteiger partial charge in [-0.3, -0.25) is 0 Å². The number of hydrogen-bond acceptors (Lipinski definition) is 5. The number of aromatic nitrogens is 3. The number of hydrogen-bond donors (Lipinski definition) is 2. The average molecular weight is 290 g/mol. The fourth-order valence-corrected chi connectivity index (χ4v) is 2.41. The number of benzene rings is 2. The van der Waals surface area contributed by atoms with Gasteiger partial charge in [0.05, 0.1) is 0 Å². The molecule has 0 aliphatic carbocycles.